The standard InChI is InChI=1S/C17H16F2N4O2/c1-23(12-6-3-2-4-7-12)10-15-21-16(22-25-15)13-8-5-9-20-17(13)24-11-14(18)19/h2-9,14H,10-11H2,1H3. The minimum Gasteiger partial charge on any atom is -0.471 e. The van der Waals surface area contributed by atoms with Crippen LogP contribution in [0, 0.1) is 0 Å². The summed E-state index contributed by atoms with van der Waals surface area (Å²) in [4.78, 5) is 10.2. The van der Waals surface area contributed by atoms with E-state index in [-0.39, 0.29) is 11.7 Å². The van der Waals surface area contributed by atoms with Crippen molar-refractivity contribution in [3.8, 4) is 17.3 Å². The first-order valence-corrected chi connectivity index (χ1v) is 7.58. The van der Waals surface area contributed by atoms with Crippen molar-refractivity contribution in [1.29, 1.82) is 0 Å². The molecule has 130 valence electrons. The van der Waals surface area contributed by atoms with Crippen molar-refractivity contribution < 1.29 is 18.0 Å². The van der Waals surface area contributed by atoms with Crippen LogP contribution >= 0.6 is 0 Å². The molecule has 0 radical (unpaired) electrons. The molecular weight excluding hydrogens is 330 g/mol. The molecule has 0 unspecified atom stereocenters. The number of nitrogens with zero attached hydrogens (tertiary/aromatic N) is 4. The summed E-state index contributed by atoms with van der Waals surface area (Å²) < 4.78 is 35.0. The van der Waals surface area contributed by atoms with Crippen LogP contribution in [-0.2, 0) is 6.54 Å². The average molecular weight is 346 g/mol. The maximum Gasteiger partial charge on any atom is 0.272 e. The Balaban J connectivity index is 1.75. The van der Waals surface area contributed by atoms with Gasteiger partial charge >= 0.3 is 0 Å². The molecule has 3 rings (SSSR count). The molecule has 2 aromatic heterocycles. The lowest BCUT2D eigenvalue weighted by Crippen LogP contribution is -2.16. The molecule has 0 bridgehead atoms. The second-order valence-corrected chi connectivity index (χ2v) is 5.26. The van der Waals surface area contributed by atoms with Crippen LogP contribution in [0.25, 0.3) is 11.4 Å². The first-order chi connectivity index (χ1) is 12.1. The zero-order valence-electron chi connectivity index (χ0n) is 13.5. The fourth-order valence-corrected chi connectivity index (χ4v) is 2.22. The highest BCUT2D eigenvalue weighted by Gasteiger charge is 2.16. The van der Waals surface area contributed by atoms with Gasteiger partial charge in [-0.2, -0.15) is 4.98 Å². The highest BCUT2D eigenvalue weighted by atomic mass is 19.3. The van der Waals surface area contributed by atoms with Crippen molar-refractivity contribution in [2.45, 2.75) is 13.0 Å². The van der Waals surface area contributed by atoms with Crippen molar-refractivity contribution in [2.75, 3.05) is 18.6 Å². The highest BCUT2D eigenvalue weighted by Crippen LogP contribution is 2.26. The lowest BCUT2D eigenvalue weighted by atomic mass is 10.2. The molecule has 0 amide bonds. The lowest BCUT2D eigenvalue weighted by molar-refractivity contribution is 0.0799. The summed E-state index contributed by atoms with van der Waals surface area (Å²) in [5.41, 5.74) is 1.41. The summed E-state index contributed by atoms with van der Waals surface area (Å²) in [6.07, 6.45) is -1.13. The number of rotatable bonds is 7. The lowest BCUT2D eigenvalue weighted by Gasteiger charge is -2.16. The largest absolute Gasteiger partial charge is 0.471 e. The number of alkyl halides is 2. The average Bonchev–Trinajstić information content (AvgIpc) is 3.09. The van der Waals surface area contributed by atoms with Crippen molar-refractivity contribution in [2.24, 2.45) is 0 Å². The second-order valence-electron chi connectivity index (χ2n) is 5.26. The molecule has 2 heterocycles. The highest BCUT2D eigenvalue weighted by molar-refractivity contribution is 5.60. The van der Waals surface area contributed by atoms with E-state index in [0.717, 1.165) is 5.69 Å². The SMILES string of the molecule is CN(Cc1nc(-c2cccnc2OCC(F)F)no1)c1ccccc1. The zero-order valence-corrected chi connectivity index (χ0v) is 13.5. The fourth-order valence-electron chi connectivity index (χ4n) is 2.22. The molecule has 0 saturated carbocycles. The Morgan fingerprint density at radius 3 is 2.72 bits per heavy atom. The van der Waals surface area contributed by atoms with E-state index >= 15 is 0 Å². The number of para-hydroxylation sites is 1. The molecule has 0 aliphatic heterocycles. The Bertz CT molecular complexity index is 811. The van der Waals surface area contributed by atoms with E-state index in [1.165, 1.54) is 6.20 Å². The fraction of sp³-hybridized carbons (Fsp3) is 0.235. The van der Waals surface area contributed by atoms with Crippen LogP contribution in [0.15, 0.2) is 53.2 Å². The van der Waals surface area contributed by atoms with Gasteiger partial charge in [-0.25, -0.2) is 13.8 Å². The summed E-state index contributed by atoms with van der Waals surface area (Å²) in [5.74, 6) is 0.686. The predicted octanol–water partition coefficient (Wildman–Crippen LogP) is 3.41. The van der Waals surface area contributed by atoms with Gasteiger partial charge in [-0.3, -0.25) is 0 Å². The maximum atomic E-state index is 12.4. The molecular formula is C17H16F2N4O2. The smallest absolute Gasteiger partial charge is 0.272 e. The van der Waals surface area contributed by atoms with Gasteiger partial charge in [-0.15, -0.1) is 0 Å². The molecule has 0 N–H and O–H groups in total. The third-order valence-corrected chi connectivity index (χ3v) is 3.40. The minimum absolute atomic E-state index is 0.0477. The van der Waals surface area contributed by atoms with Gasteiger partial charge in [0, 0.05) is 18.9 Å². The number of hydrogen-bond donors (Lipinski definition) is 0. The Kier molecular flexibility index (Phi) is 5.17. The molecule has 0 spiro atoms. The van der Waals surface area contributed by atoms with E-state index in [2.05, 4.69) is 15.1 Å². The summed E-state index contributed by atoms with van der Waals surface area (Å²) in [5, 5.41) is 3.90. The topological polar surface area (TPSA) is 64.3 Å². The molecule has 0 fully saturated rings. The molecule has 0 atom stereocenters. The van der Waals surface area contributed by atoms with Gasteiger partial charge < -0.3 is 14.2 Å². The number of benzene rings is 1. The first kappa shape index (κ1) is 16.8. The molecule has 25 heavy (non-hydrogen) atoms. The molecule has 1 aromatic carbocycles. The number of hydrogen-bond acceptors (Lipinski definition) is 6. The van der Waals surface area contributed by atoms with Crippen LogP contribution in [-0.4, -0.2) is 35.2 Å². The third kappa shape index (κ3) is 4.28. The third-order valence-electron chi connectivity index (χ3n) is 3.40. The van der Waals surface area contributed by atoms with E-state index in [9.17, 15) is 8.78 Å². The monoisotopic (exact) mass is 346 g/mol. The summed E-state index contributed by atoms with van der Waals surface area (Å²) in [6, 6.07) is 13.0. The van der Waals surface area contributed by atoms with Gasteiger partial charge in [-0.05, 0) is 24.3 Å². The molecule has 0 aliphatic carbocycles. The van der Waals surface area contributed by atoms with Crippen molar-refractivity contribution in [3.05, 3.63) is 54.6 Å². The summed E-state index contributed by atoms with van der Waals surface area (Å²) >= 11 is 0. The van der Waals surface area contributed by atoms with Gasteiger partial charge in [-0.1, -0.05) is 23.4 Å². The van der Waals surface area contributed by atoms with Crippen LogP contribution in [0.5, 0.6) is 5.88 Å². The molecule has 6 nitrogen and oxygen atoms in total. The Morgan fingerprint density at radius 1 is 1.16 bits per heavy atom. The van der Waals surface area contributed by atoms with Crippen LogP contribution in [0.4, 0.5) is 14.5 Å². The molecule has 0 aliphatic rings. The van der Waals surface area contributed by atoms with Gasteiger partial charge in [0.2, 0.25) is 17.6 Å². The number of aromatic nitrogens is 3. The van der Waals surface area contributed by atoms with Crippen molar-refractivity contribution in [1.82, 2.24) is 15.1 Å². The van der Waals surface area contributed by atoms with E-state index in [1.54, 1.807) is 12.1 Å². The van der Waals surface area contributed by atoms with Crippen molar-refractivity contribution in [3.63, 3.8) is 0 Å². The van der Waals surface area contributed by atoms with E-state index in [0.29, 0.717) is 18.0 Å². The van der Waals surface area contributed by atoms with Gasteiger partial charge in [0.15, 0.2) is 6.61 Å². The summed E-state index contributed by atoms with van der Waals surface area (Å²) in [6.45, 7) is -0.337. The van der Waals surface area contributed by atoms with Crippen molar-refractivity contribution >= 4 is 5.69 Å². The maximum absolute atomic E-state index is 12.4. The molecule has 3 aromatic rings. The second kappa shape index (κ2) is 7.69. The molecule has 8 heteroatoms. The number of halogens is 2. The number of pyridine rings is 1. The normalized spacial score (nSPS) is 10.9. The van der Waals surface area contributed by atoms with E-state index < -0.39 is 13.0 Å². The summed E-state index contributed by atoms with van der Waals surface area (Å²) in [7, 11) is 1.90. The Hall–Kier alpha value is -3.03. The van der Waals surface area contributed by atoms with E-state index in [1.807, 2.05) is 42.3 Å². The zero-order chi connectivity index (χ0) is 17.6. The first-order valence-electron chi connectivity index (χ1n) is 7.58. The Labute approximate surface area is 143 Å². The Morgan fingerprint density at radius 2 is 1.96 bits per heavy atom. The minimum atomic E-state index is -2.59. The van der Waals surface area contributed by atoms with E-state index in [4.69, 9.17) is 9.26 Å². The quantitative estimate of drug-likeness (QED) is 0.653. The van der Waals surface area contributed by atoms with Crippen LogP contribution < -0.4 is 9.64 Å². The van der Waals surface area contributed by atoms with Gasteiger partial charge in [0.1, 0.15) is 0 Å². The van der Waals surface area contributed by atoms with Crippen LogP contribution in [0.2, 0.25) is 0 Å². The number of ether oxygens (including phenoxy) is 1. The van der Waals surface area contributed by atoms with Gasteiger partial charge in [0.05, 0.1) is 12.1 Å². The predicted molar refractivity (Wildman–Crippen MR) is 87.6 cm³/mol. The van der Waals surface area contributed by atoms with Crippen LogP contribution in [0.1, 0.15) is 5.89 Å². The number of anilines is 1. The van der Waals surface area contributed by atoms with Crippen LogP contribution in [0.3, 0.4) is 0 Å². The molecule has 0 saturated heterocycles. The van der Waals surface area contributed by atoms with Gasteiger partial charge in [0.25, 0.3) is 6.43 Å².